The highest BCUT2D eigenvalue weighted by Crippen LogP contribution is 2.31. The molecule has 5 aromatic rings. The van der Waals surface area contributed by atoms with Gasteiger partial charge in [-0.05, 0) is 72.5 Å². The molecule has 0 aliphatic carbocycles. The number of nitrogens with zero attached hydrogens (tertiary/aromatic N) is 3. The minimum Gasteiger partial charge on any atom is -0.483 e. The quantitative estimate of drug-likeness (QED) is 0.0685. The van der Waals surface area contributed by atoms with Gasteiger partial charge in [0.25, 0.3) is 6.47 Å². The Kier molecular flexibility index (Phi) is 16.2. The molecule has 15 nitrogen and oxygen atoms in total. The number of carbonyl (C=O) groups is 4. The summed E-state index contributed by atoms with van der Waals surface area (Å²) in [6.07, 6.45) is 4.31. The smallest absolute Gasteiger partial charge is 0.407 e. The normalized spacial score (nSPS) is 14.2. The average molecular weight is 757 g/mol. The number of hydrogen-bond acceptors (Lipinski definition) is 9. The number of unbranched alkanes of at least 4 members (excludes halogenated alkanes) is 1. The van der Waals surface area contributed by atoms with Crippen LogP contribution in [0.1, 0.15) is 57.7 Å². The fraction of sp³-hybridized carbons (Fsp3) is 0.400. The number of alkyl carbamates (subject to hydrolysis) is 1. The monoisotopic (exact) mass is 756 g/mol. The molecular formula is C40H52N8O7. The van der Waals surface area contributed by atoms with Crippen molar-refractivity contribution in [3.8, 4) is 22.4 Å². The van der Waals surface area contributed by atoms with E-state index in [4.69, 9.17) is 24.4 Å². The van der Waals surface area contributed by atoms with Gasteiger partial charge in [-0.25, -0.2) is 14.8 Å². The molecule has 6 rings (SSSR count). The van der Waals surface area contributed by atoms with Gasteiger partial charge in [0, 0.05) is 25.1 Å². The number of benzene rings is 3. The molecule has 2 unspecified atom stereocenters. The first-order valence-corrected chi connectivity index (χ1v) is 18.6. The first-order chi connectivity index (χ1) is 26.8. The van der Waals surface area contributed by atoms with Gasteiger partial charge in [-0.1, -0.05) is 51.1 Å². The molecule has 1 fully saturated rings. The number of rotatable bonds is 13. The van der Waals surface area contributed by atoms with E-state index >= 15 is 0 Å². The van der Waals surface area contributed by atoms with Gasteiger partial charge < -0.3 is 45.4 Å². The molecule has 0 saturated carbocycles. The molecule has 3 aromatic carbocycles. The zero-order valence-electron chi connectivity index (χ0n) is 32.1. The Bertz CT molecular complexity index is 2030. The van der Waals surface area contributed by atoms with Gasteiger partial charge in [0.1, 0.15) is 23.7 Å². The number of morpholine rings is 1. The maximum atomic E-state index is 13.5. The Balaban J connectivity index is 0.00000128. The van der Waals surface area contributed by atoms with Crippen molar-refractivity contribution >= 4 is 46.2 Å². The second kappa shape index (κ2) is 21.2. The van der Waals surface area contributed by atoms with Crippen molar-refractivity contribution in [1.29, 1.82) is 0 Å². The molecule has 6 N–H and O–H groups in total. The number of carboxylic acid groups (broad SMARTS) is 1. The van der Waals surface area contributed by atoms with Crippen LogP contribution in [0.4, 0.5) is 4.79 Å². The Labute approximate surface area is 320 Å². The Morgan fingerprint density at radius 3 is 2.44 bits per heavy atom. The van der Waals surface area contributed by atoms with E-state index in [2.05, 4.69) is 79.4 Å². The number of amides is 3. The molecule has 1 aliphatic rings. The molecule has 1 aliphatic heterocycles. The summed E-state index contributed by atoms with van der Waals surface area (Å²) < 4.78 is 10.5. The number of ether oxygens (including phenoxy) is 2. The van der Waals surface area contributed by atoms with Crippen LogP contribution in [-0.2, 0) is 30.3 Å². The second-order valence-electron chi connectivity index (χ2n) is 12.5. The third-order valence-electron chi connectivity index (χ3n) is 9.02. The fourth-order valence-corrected chi connectivity index (χ4v) is 6.30. The van der Waals surface area contributed by atoms with E-state index in [1.165, 1.54) is 7.11 Å². The summed E-state index contributed by atoms with van der Waals surface area (Å²) in [6, 6.07) is 17.8. The van der Waals surface area contributed by atoms with Gasteiger partial charge in [-0.2, -0.15) is 0 Å². The van der Waals surface area contributed by atoms with Crippen molar-refractivity contribution < 1.29 is 33.8 Å². The van der Waals surface area contributed by atoms with E-state index in [-0.39, 0.29) is 18.3 Å². The lowest BCUT2D eigenvalue weighted by Gasteiger charge is -2.36. The molecule has 3 amide bonds. The van der Waals surface area contributed by atoms with Gasteiger partial charge in [0.15, 0.2) is 0 Å². The van der Waals surface area contributed by atoms with Gasteiger partial charge >= 0.3 is 6.09 Å². The first-order valence-electron chi connectivity index (χ1n) is 18.6. The number of nitrogens with one attached hydrogen (secondary N) is 5. The van der Waals surface area contributed by atoms with Crippen LogP contribution in [-0.4, -0.2) is 107 Å². The second-order valence-corrected chi connectivity index (χ2v) is 12.5. The zero-order valence-corrected chi connectivity index (χ0v) is 32.1. The average Bonchev–Trinajstić information content (AvgIpc) is 3.87. The summed E-state index contributed by atoms with van der Waals surface area (Å²) in [5.74, 6) is 1.39. The number of likely N-dealkylation sites (N-methyl/N-ethyl adjacent to an activating group) is 1. The predicted molar refractivity (Wildman–Crippen MR) is 211 cm³/mol. The third kappa shape index (κ3) is 11.1. The SMILES string of the molecule is CC.CCC(NC(=O)OC)C(=O)N1CCOCC1c1nc2ccc(-c3ccc4cc(-c5cnc(CCCCNC(=O)CNC)[nH]5)ccc4c3)cc2[nH]1.O=CO. The van der Waals surface area contributed by atoms with Crippen molar-refractivity contribution in [1.82, 2.24) is 40.8 Å². The number of hydrogen-bond donors (Lipinski definition) is 6. The van der Waals surface area contributed by atoms with Gasteiger partial charge in [-0.15, -0.1) is 0 Å². The Morgan fingerprint density at radius 1 is 1.04 bits per heavy atom. The van der Waals surface area contributed by atoms with E-state index in [1.807, 2.05) is 33.0 Å². The largest absolute Gasteiger partial charge is 0.483 e. The molecule has 2 atom stereocenters. The van der Waals surface area contributed by atoms with Crippen molar-refractivity contribution in [3.63, 3.8) is 0 Å². The lowest BCUT2D eigenvalue weighted by molar-refractivity contribution is -0.142. The van der Waals surface area contributed by atoms with Crippen LogP contribution in [0.15, 0.2) is 60.8 Å². The summed E-state index contributed by atoms with van der Waals surface area (Å²) in [7, 11) is 3.04. The highest BCUT2D eigenvalue weighted by atomic mass is 16.5. The molecule has 15 heteroatoms. The van der Waals surface area contributed by atoms with Crippen LogP contribution in [0.5, 0.6) is 0 Å². The maximum absolute atomic E-state index is 13.5. The van der Waals surface area contributed by atoms with Gasteiger partial charge in [-0.3, -0.25) is 14.4 Å². The van der Waals surface area contributed by atoms with Crippen molar-refractivity contribution in [2.24, 2.45) is 0 Å². The standard InChI is InChI=1S/C37H44N8O5.C2H6.CH2O2/c1-4-28(44-37(48)49-3)36(47)45-15-16-50-22-32(45)35-42-29-13-12-26(19-30(29)43-35)24-8-9-25-18-27(11-10-23(25)17-24)31-20-40-33(41-31)7-5-6-14-39-34(46)21-38-2;1-2;2-1-3/h8-13,17-20,28,32,38H,4-7,14-16,21-22H2,1-3H3,(H,39,46)(H,40,41)(H,42,43)(H,44,48);1-2H3;1H,(H,2,3). The first kappa shape index (κ1) is 41.9. The van der Waals surface area contributed by atoms with Gasteiger partial charge in [0.05, 0.1) is 49.8 Å². The van der Waals surface area contributed by atoms with Crippen LogP contribution in [0.25, 0.3) is 44.2 Å². The molecule has 2 aromatic heterocycles. The minimum absolute atomic E-state index is 0.0104. The highest BCUT2D eigenvalue weighted by Gasteiger charge is 2.35. The molecule has 0 bridgehead atoms. The van der Waals surface area contributed by atoms with Crippen molar-refractivity contribution in [3.05, 3.63) is 72.4 Å². The summed E-state index contributed by atoms with van der Waals surface area (Å²) >= 11 is 0. The van der Waals surface area contributed by atoms with Crippen LogP contribution >= 0.6 is 0 Å². The number of fused-ring (bicyclic) bond motifs is 2. The molecule has 294 valence electrons. The van der Waals surface area contributed by atoms with E-state index in [0.29, 0.717) is 45.1 Å². The van der Waals surface area contributed by atoms with Crippen LogP contribution in [0, 0.1) is 0 Å². The van der Waals surface area contributed by atoms with E-state index in [0.717, 1.165) is 69.3 Å². The highest BCUT2D eigenvalue weighted by molar-refractivity contribution is 5.92. The van der Waals surface area contributed by atoms with E-state index in [1.54, 1.807) is 11.9 Å². The number of methoxy groups -OCH3 is 1. The number of H-pyrrole nitrogens is 2. The predicted octanol–water partition coefficient (Wildman–Crippen LogP) is 5.19. The summed E-state index contributed by atoms with van der Waals surface area (Å²) in [5.41, 5.74) is 5.82. The van der Waals surface area contributed by atoms with Gasteiger partial charge in [0.2, 0.25) is 11.8 Å². The summed E-state index contributed by atoms with van der Waals surface area (Å²) in [4.78, 5) is 63.3. The Hall–Kier alpha value is -5.80. The molecule has 0 spiro atoms. The summed E-state index contributed by atoms with van der Waals surface area (Å²) in [6.45, 7) is 7.70. The number of aryl methyl sites for hydroxylation is 1. The maximum Gasteiger partial charge on any atom is 0.407 e. The molecule has 3 heterocycles. The number of aromatic nitrogens is 4. The fourth-order valence-electron chi connectivity index (χ4n) is 6.30. The third-order valence-corrected chi connectivity index (χ3v) is 9.02. The van der Waals surface area contributed by atoms with Crippen LogP contribution in [0.3, 0.4) is 0 Å². The molecule has 55 heavy (non-hydrogen) atoms. The zero-order chi connectivity index (χ0) is 39.7. The minimum atomic E-state index is -0.703. The number of imidazole rings is 2. The van der Waals surface area contributed by atoms with E-state index < -0.39 is 18.2 Å². The Morgan fingerprint density at radius 2 is 1.73 bits per heavy atom. The molecule has 0 radical (unpaired) electrons. The van der Waals surface area contributed by atoms with Crippen LogP contribution < -0.4 is 16.0 Å². The topological polar surface area (TPSA) is 204 Å². The van der Waals surface area contributed by atoms with E-state index in [9.17, 15) is 14.4 Å². The lowest BCUT2D eigenvalue weighted by atomic mass is 9.99. The lowest BCUT2D eigenvalue weighted by Crippen LogP contribution is -2.52. The van der Waals surface area contributed by atoms with Crippen molar-refractivity contribution in [2.45, 2.75) is 58.5 Å². The summed E-state index contributed by atoms with van der Waals surface area (Å²) in [5, 5.41) is 17.5. The number of carbonyl (C=O) groups excluding carboxylic acids is 3. The molecular weight excluding hydrogens is 704 g/mol. The number of aromatic amines is 2. The molecule has 1 saturated heterocycles. The van der Waals surface area contributed by atoms with Crippen molar-refractivity contribution in [2.75, 3.05) is 47.0 Å². The van der Waals surface area contributed by atoms with Crippen LogP contribution in [0.2, 0.25) is 0 Å².